The zero-order valence-corrected chi connectivity index (χ0v) is 6.82. The van der Waals surface area contributed by atoms with E-state index in [2.05, 4.69) is 4.98 Å². The first-order valence-corrected chi connectivity index (χ1v) is 3.91. The summed E-state index contributed by atoms with van der Waals surface area (Å²) >= 11 is 0. The normalized spacial score (nSPS) is 10.5. The molecule has 0 unspecified atom stereocenters. The van der Waals surface area contributed by atoms with Crippen molar-refractivity contribution in [3.05, 3.63) is 42.4 Å². The van der Waals surface area contributed by atoms with Crippen LogP contribution >= 0.6 is 0 Å². The third-order valence-electron chi connectivity index (χ3n) is 1.91. The van der Waals surface area contributed by atoms with Crippen molar-refractivity contribution in [1.29, 1.82) is 0 Å². The molecule has 1 aromatic heterocycles. The molecule has 2 aromatic rings. The number of benzene rings is 1. The zero-order valence-electron chi connectivity index (χ0n) is 6.82. The minimum atomic E-state index is -0.922. The predicted octanol–water partition coefficient (Wildman–Crippen LogP) is 1.80. The topological polar surface area (TPSA) is 53.1 Å². The van der Waals surface area contributed by atoms with Crippen LogP contribution in [0.25, 0.3) is 10.9 Å². The molecular formula is C10H8NO2. The van der Waals surface area contributed by atoms with E-state index in [0.717, 1.165) is 16.5 Å². The maximum Gasteiger partial charge on any atom is 0.312 e. The van der Waals surface area contributed by atoms with Gasteiger partial charge in [0.15, 0.2) is 0 Å². The van der Waals surface area contributed by atoms with Gasteiger partial charge in [0.1, 0.15) is 0 Å². The smallest absolute Gasteiger partial charge is 0.312 e. The fourth-order valence-electron chi connectivity index (χ4n) is 1.37. The number of aromatic amines is 1. The van der Waals surface area contributed by atoms with Crippen molar-refractivity contribution in [3.8, 4) is 0 Å². The van der Waals surface area contributed by atoms with Gasteiger partial charge in [-0.25, -0.2) is 0 Å². The average Bonchev–Trinajstić information content (AvgIpc) is 2.51. The van der Waals surface area contributed by atoms with Crippen LogP contribution in [0.2, 0.25) is 0 Å². The summed E-state index contributed by atoms with van der Waals surface area (Å²) in [6.07, 6.45) is 3.00. The quantitative estimate of drug-likeness (QED) is 0.729. The lowest BCUT2D eigenvalue weighted by atomic mass is 10.1. The molecule has 0 aliphatic rings. The highest BCUT2D eigenvalue weighted by atomic mass is 16.4. The lowest BCUT2D eigenvalue weighted by molar-refractivity contribution is -0.132. The molecule has 2 rings (SSSR count). The molecule has 0 bridgehead atoms. The number of hydrogen-bond acceptors (Lipinski definition) is 1. The van der Waals surface area contributed by atoms with Gasteiger partial charge in [-0.1, -0.05) is 12.1 Å². The fraction of sp³-hybridized carbons (Fsp3) is 0. The SMILES string of the molecule is O=C(O)[CH]c1cccc2[nH]ccc12. The van der Waals surface area contributed by atoms with Crippen LogP contribution in [-0.2, 0) is 4.79 Å². The van der Waals surface area contributed by atoms with Crippen LogP contribution in [0.5, 0.6) is 0 Å². The highest BCUT2D eigenvalue weighted by Gasteiger charge is 2.05. The average molecular weight is 174 g/mol. The van der Waals surface area contributed by atoms with Gasteiger partial charge in [-0.2, -0.15) is 0 Å². The van der Waals surface area contributed by atoms with Gasteiger partial charge in [-0.15, -0.1) is 0 Å². The summed E-state index contributed by atoms with van der Waals surface area (Å²) in [5.74, 6) is -0.922. The van der Waals surface area contributed by atoms with Crippen LogP contribution in [-0.4, -0.2) is 16.1 Å². The Kier molecular flexibility index (Phi) is 1.77. The Morgan fingerprint density at radius 2 is 2.23 bits per heavy atom. The van der Waals surface area contributed by atoms with Crippen LogP contribution < -0.4 is 0 Å². The van der Waals surface area contributed by atoms with Crippen LogP contribution in [0.3, 0.4) is 0 Å². The van der Waals surface area contributed by atoms with Gasteiger partial charge in [0, 0.05) is 17.1 Å². The Morgan fingerprint density at radius 1 is 1.38 bits per heavy atom. The second-order valence-electron chi connectivity index (χ2n) is 2.77. The van der Waals surface area contributed by atoms with E-state index in [0.29, 0.717) is 0 Å². The summed E-state index contributed by atoms with van der Waals surface area (Å²) in [5.41, 5.74) is 1.68. The largest absolute Gasteiger partial charge is 0.481 e. The summed E-state index contributed by atoms with van der Waals surface area (Å²) in [5, 5.41) is 9.53. The standard InChI is InChI=1S/C10H8NO2/c12-10(13)6-7-2-1-3-9-8(7)4-5-11-9/h1-6,11H,(H,12,13). The van der Waals surface area contributed by atoms with E-state index in [9.17, 15) is 4.79 Å². The molecule has 0 aliphatic heterocycles. The van der Waals surface area contributed by atoms with Crippen molar-refractivity contribution in [2.45, 2.75) is 0 Å². The number of aliphatic carboxylic acids is 1. The Morgan fingerprint density at radius 3 is 3.00 bits per heavy atom. The molecule has 3 nitrogen and oxygen atoms in total. The fourth-order valence-corrected chi connectivity index (χ4v) is 1.37. The molecule has 0 saturated heterocycles. The molecule has 1 radical (unpaired) electrons. The molecule has 1 heterocycles. The molecule has 0 saturated carbocycles. The summed E-state index contributed by atoms with van der Waals surface area (Å²) in [6, 6.07) is 7.39. The monoisotopic (exact) mass is 174 g/mol. The molecule has 13 heavy (non-hydrogen) atoms. The minimum Gasteiger partial charge on any atom is -0.481 e. The maximum atomic E-state index is 10.5. The molecule has 0 fully saturated rings. The molecule has 65 valence electrons. The Balaban J connectivity index is 2.54. The number of carbonyl (C=O) groups is 1. The summed E-state index contributed by atoms with van der Waals surface area (Å²) in [4.78, 5) is 13.5. The molecule has 2 N–H and O–H groups in total. The number of fused-ring (bicyclic) bond motifs is 1. The molecule has 0 spiro atoms. The highest BCUT2D eigenvalue weighted by molar-refractivity contribution is 5.91. The van der Waals surface area contributed by atoms with E-state index in [1.54, 1.807) is 12.3 Å². The molecule has 1 aromatic carbocycles. The summed E-state index contributed by atoms with van der Waals surface area (Å²) < 4.78 is 0. The van der Waals surface area contributed by atoms with Crippen molar-refractivity contribution in [2.75, 3.05) is 0 Å². The van der Waals surface area contributed by atoms with Crippen LogP contribution in [0, 0.1) is 6.42 Å². The third kappa shape index (κ3) is 1.40. The molecular weight excluding hydrogens is 166 g/mol. The van der Waals surface area contributed by atoms with Crippen LogP contribution in [0.15, 0.2) is 30.5 Å². The first-order chi connectivity index (χ1) is 6.27. The van der Waals surface area contributed by atoms with Gasteiger partial charge in [-0.05, 0) is 17.7 Å². The lowest BCUT2D eigenvalue weighted by Crippen LogP contribution is -1.96. The summed E-state index contributed by atoms with van der Waals surface area (Å²) in [6.45, 7) is 0. The number of carboxylic acids is 1. The number of rotatable bonds is 2. The van der Waals surface area contributed by atoms with E-state index in [4.69, 9.17) is 5.11 Å². The highest BCUT2D eigenvalue weighted by Crippen LogP contribution is 2.18. The lowest BCUT2D eigenvalue weighted by Gasteiger charge is -1.97. The van der Waals surface area contributed by atoms with Crippen molar-refractivity contribution in [3.63, 3.8) is 0 Å². The van der Waals surface area contributed by atoms with Gasteiger partial charge in [0.2, 0.25) is 0 Å². The van der Waals surface area contributed by atoms with Gasteiger partial charge >= 0.3 is 5.97 Å². The van der Waals surface area contributed by atoms with Gasteiger partial charge in [0.25, 0.3) is 0 Å². The van der Waals surface area contributed by atoms with Crippen LogP contribution in [0.1, 0.15) is 5.56 Å². The summed E-state index contributed by atoms with van der Waals surface area (Å²) in [7, 11) is 0. The maximum absolute atomic E-state index is 10.5. The molecule has 3 heteroatoms. The minimum absolute atomic E-state index is 0.728. The van der Waals surface area contributed by atoms with Gasteiger partial charge in [-0.3, -0.25) is 4.79 Å². The molecule has 0 atom stereocenters. The number of nitrogens with one attached hydrogen (secondary N) is 1. The van der Waals surface area contributed by atoms with E-state index in [1.165, 1.54) is 6.42 Å². The number of carboxylic acid groups (broad SMARTS) is 1. The number of hydrogen-bond donors (Lipinski definition) is 2. The van der Waals surface area contributed by atoms with Crippen molar-refractivity contribution in [1.82, 2.24) is 4.98 Å². The van der Waals surface area contributed by atoms with E-state index in [-0.39, 0.29) is 0 Å². The molecule has 0 aliphatic carbocycles. The second kappa shape index (κ2) is 2.94. The van der Waals surface area contributed by atoms with E-state index < -0.39 is 5.97 Å². The Bertz CT molecular complexity index is 445. The van der Waals surface area contributed by atoms with Crippen molar-refractivity contribution < 1.29 is 9.90 Å². The predicted molar refractivity (Wildman–Crippen MR) is 49.3 cm³/mol. The van der Waals surface area contributed by atoms with E-state index >= 15 is 0 Å². The van der Waals surface area contributed by atoms with Crippen molar-refractivity contribution in [2.24, 2.45) is 0 Å². The Hall–Kier alpha value is -1.77. The zero-order chi connectivity index (χ0) is 9.26. The van der Waals surface area contributed by atoms with Crippen molar-refractivity contribution >= 4 is 16.9 Å². The number of aromatic nitrogens is 1. The molecule has 0 amide bonds. The first kappa shape index (κ1) is 7.86. The Labute approximate surface area is 75.0 Å². The third-order valence-corrected chi connectivity index (χ3v) is 1.91. The van der Waals surface area contributed by atoms with E-state index in [1.807, 2.05) is 18.2 Å². The second-order valence-corrected chi connectivity index (χ2v) is 2.77. The van der Waals surface area contributed by atoms with Gasteiger partial charge in [0.05, 0.1) is 6.42 Å². The number of H-pyrrole nitrogens is 1. The first-order valence-electron chi connectivity index (χ1n) is 3.91. The van der Waals surface area contributed by atoms with Gasteiger partial charge < -0.3 is 10.1 Å². The van der Waals surface area contributed by atoms with Crippen LogP contribution in [0.4, 0.5) is 0 Å².